The van der Waals surface area contributed by atoms with E-state index in [1.165, 1.54) is 82.4 Å². The molecule has 0 aromatic heterocycles. The van der Waals surface area contributed by atoms with E-state index in [0.29, 0.717) is 45.7 Å². The van der Waals surface area contributed by atoms with Gasteiger partial charge in [0.15, 0.2) is 5.60 Å². The SMILES string of the molecule is CCCCCCCCCCCCCCCC(=O)NCc1c(O)ccc2c1Oc1cc(O)ccc1C21OC(=O)c2ccccc21. The lowest BCUT2D eigenvalue weighted by Crippen LogP contribution is -2.33. The highest BCUT2D eigenvalue weighted by molar-refractivity contribution is 5.97. The molecule has 2 aliphatic heterocycles. The van der Waals surface area contributed by atoms with Gasteiger partial charge in [-0.2, -0.15) is 0 Å². The Balaban J connectivity index is 1.17. The van der Waals surface area contributed by atoms with Crippen molar-refractivity contribution in [2.45, 2.75) is 109 Å². The molecule has 5 rings (SSSR count). The summed E-state index contributed by atoms with van der Waals surface area (Å²) in [6.45, 7) is 2.30. The van der Waals surface area contributed by atoms with E-state index >= 15 is 0 Å². The van der Waals surface area contributed by atoms with Crippen LogP contribution in [0.2, 0.25) is 0 Å². The molecular weight excluding hydrogens is 554 g/mol. The monoisotopic (exact) mass is 599 g/mol. The van der Waals surface area contributed by atoms with Crippen LogP contribution in [0.3, 0.4) is 0 Å². The fourth-order valence-electron chi connectivity index (χ4n) is 6.52. The van der Waals surface area contributed by atoms with Crippen molar-refractivity contribution in [1.82, 2.24) is 5.32 Å². The summed E-state index contributed by atoms with van der Waals surface area (Å²) >= 11 is 0. The molecule has 7 heteroatoms. The number of carbonyl (C=O) groups is 2. The highest BCUT2D eigenvalue weighted by Gasteiger charge is 2.54. The van der Waals surface area contributed by atoms with Gasteiger partial charge in [0.1, 0.15) is 23.0 Å². The number of fused-ring (bicyclic) bond motifs is 6. The highest BCUT2D eigenvalue weighted by Crippen LogP contribution is 2.58. The first-order valence-corrected chi connectivity index (χ1v) is 16.4. The lowest BCUT2D eigenvalue weighted by Gasteiger charge is -2.37. The average molecular weight is 600 g/mol. The number of rotatable bonds is 16. The number of hydrogen-bond donors (Lipinski definition) is 3. The number of esters is 1. The van der Waals surface area contributed by atoms with Crippen molar-refractivity contribution in [3.63, 3.8) is 0 Å². The van der Waals surface area contributed by atoms with Crippen LogP contribution in [0, 0.1) is 0 Å². The van der Waals surface area contributed by atoms with Crippen molar-refractivity contribution in [3.8, 4) is 23.0 Å². The minimum atomic E-state index is -1.31. The zero-order chi connectivity index (χ0) is 30.9. The number of hydrogen-bond acceptors (Lipinski definition) is 6. The molecule has 1 amide bonds. The Kier molecular flexibility index (Phi) is 10.5. The topological polar surface area (TPSA) is 105 Å². The third-order valence-corrected chi connectivity index (χ3v) is 8.91. The fourth-order valence-corrected chi connectivity index (χ4v) is 6.52. The third-order valence-electron chi connectivity index (χ3n) is 8.91. The van der Waals surface area contributed by atoms with Crippen molar-refractivity contribution >= 4 is 11.9 Å². The van der Waals surface area contributed by atoms with E-state index in [9.17, 15) is 19.8 Å². The van der Waals surface area contributed by atoms with Gasteiger partial charge >= 0.3 is 5.97 Å². The van der Waals surface area contributed by atoms with Gasteiger partial charge in [-0.05, 0) is 36.8 Å². The van der Waals surface area contributed by atoms with Crippen molar-refractivity contribution in [2.24, 2.45) is 0 Å². The fraction of sp³-hybridized carbons (Fsp3) is 0.459. The normalized spacial score (nSPS) is 16.2. The number of amides is 1. The van der Waals surface area contributed by atoms with Gasteiger partial charge in [-0.15, -0.1) is 0 Å². The first kappa shape index (κ1) is 31.4. The molecule has 7 nitrogen and oxygen atoms in total. The van der Waals surface area contributed by atoms with Crippen LogP contribution in [0.25, 0.3) is 0 Å². The molecule has 44 heavy (non-hydrogen) atoms. The number of nitrogens with one attached hydrogen (secondary N) is 1. The van der Waals surface area contributed by atoms with Crippen molar-refractivity contribution < 1.29 is 29.3 Å². The van der Waals surface area contributed by atoms with Crippen molar-refractivity contribution in [1.29, 1.82) is 0 Å². The molecule has 3 aromatic carbocycles. The third kappa shape index (κ3) is 6.72. The van der Waals surface area contributed by atoms with Gasteiger partial charge in [0.2, 0.25) is 5.91 Å². The molecular formula is C37H45NO6. The zero-order valence-corrected chi connectivity index (χ0v) is 25.8. The first-order chi connectivity index (χ1) is 21.5. The Hall–Kier alpha value is -4.00. The standard InChI is InChI=1S/C37H45NO6/c1-2-3-4-5-6-7-8-9-10-11-12-13-14-19-34(41)38-25-28-32(40)23-22-31-35(28)43-33-24-26(39)20-21-30(33)37(31)29-18-16-15-17-27(29)36(42)44-37/h15-18,20-24,39-40H,2-14,19,25H2,1H3,(H,38,41). The Morgan fingerprint density at radius 2 is 1.41 bits per heavy atom. The Morgan fingerprint density at radius 1 is 0.773 bits per heavy atom. The largest absolute Gasteiger partial charge is 0.508 e. The van der Waals surface area contributed by atoms with E-state index in [4.69, 9.17) is 9.47 Å². The van der Waals surface area contributed by atoms with E-state index in [2.05, 4.69) is 12.2 Å². The van der Waals surface area contributed by atoms with Crippen LogP contribution in [0.5, 0.6) is 23.0 Å². The lowest BCUT2D eigenvalue weighted by atomic mass is 9.77. The molecule has 0 radical (unpaired) electrons. The summed E-state index contributed by atoms with van der Waals surface area (Å²) in [6, 6.07) is 15.1. The van der Waals surface area contributed by atoms with Gasteiger partial charge in [0, 0.05) is 29.2 Å². The molecule has 0 saturated carbocycles. The zero-order valence-electron chi connectivity index (χ0n) is 25.8. The molecule has 2 heterocycles. The summed E-state index contributed by atoms with van der Waals surface area (Å²) in [5.74, 6) is 0.00893. The second-order valence-corrected chi connectivity index (χ2v) is 12.1. The van der Waals surface area contributed by atoms with Gasteiger partial charge in [-0.25, -0.2) is 4.79 Å². The summed E-state index contributed by atoms with van der Waals surface area (Å²) in [6.07, 6.45) is 16.6. The second-order valence-electron chi connectivity index (χ2n) is 12.1. The molecule has 0 bridgehead atoms. The molecule has 1 unspecified atom stereocenters. The van der Waals surface area contributed by atoms with E-state index < -0.39 is 11.6 Å². The van der Waals surface area contributed by atoms with Crippen LogP contribution < -0.4 is 10.1 Å². The maximum absolute atomic E-state index is 13.0. The number of carbonyl (C=O) groups excluding carboxylic acids is 2. The molecule has 0 aliphatic carbocycles. The van der Waals surface area contributed by atoms with E-state index in [1.807, 2.05) is 12.1 Å². The molecule has 0 fully saturated rings. The van der Waals surface area contributed by atoms with Crippen LogP contribution >= 0.6 is 0 Å². The Bertz CT molecular complexity index is 1470. The Morgan fingerprint density at radius 3 is 2.11 bits per heavy atom. The van der Waals surface area contributed by atoms with Gasteiger partial charge in [0.05, 0.1) is 17.7 Å². The van der Waals surface area contributed by atoms with Crippen LogP contribution in [0.4, 0.5) is 0 Å². The minimum absolute atomic E-state index is 0.00670. The van der Waals surface area contributed by atoms with Gasteiger partial charge in [-0.1, -0.05) is 102 Å². The lowest BCUT2D eigenvalue weighted by molar-refractivity contribution is -0.121. The van der Waals surface area contributed by atoms with Crippen LogP contribution in [0.15, 0.2) is 54.6 Å². The molecule has 2 aliphatic rings. The van der Waals surface area contributed by atoms with E-state index in [0.717, 1.165) is 19.3 Å². The second kappa shape index (κ2) is 14.7. The first-order valence-electron chi connectivity index (χ1n) is 16.4. The summed E-state index contributed by atoms with van der Waals surface area (Å²) < 4.78 is 12.4. The van der Waals surface area contributed by atoms with Gasteiger partial charge in [0.25, 0.3) is 0 Å². The number of ether oxygens (including phenoxy) is 2. The number of phenolic OH excluding ortho intramolecular Hbond substituents is 2. The number of benzene rings is 3. The van der Waals surface area contributed by atoms with E-state index in [1.54, 1.807) is 24.3 Å². The smallest absolute Gasteiger partial charge is 0.340 e. The van der Waals surface area contributed by atoms with Crippen LogP contribution in [0.1, 0.15) is 129 Å². The minimum Gasteiger partial charge on any atom is -0.508 e. The van der Waals surface area contributed by atoms with Crippen LogP contribution in [-0.2, 0) is 21.7 Å². The van der Waals surface area contributed by atoms with Crippen LogP contribution in [-0.4, -0.2) is 22.1 Å². The van der Waals surface area contributed by atoms with E-state index in [-0.39, 0.29) is 24.0 Å². The van der Waals surface area contributed by atoms with Crippen molar-refractivity contribution in [3.05, 3.63) is 82.4 Å². The summed E-state index contributed by atoms with van der Waals surface area (Å²) in [4.78, 5) is 25.8. The summed E-state index contributed by atoms with van der Waals surface area (Å²) in [7, 11) is 0. The quantitative estimate of drug-likeness (QED) is 0.112. The Labute approximate surface area is 260 Å². The highest BCUT2D eigenvalue weighted by atomic mass is 16.6. The van der Waals surface area contributed by atoms with Crippen molar-refractivity contribution in [2.75, 3.05) is 0 Å². The molecule has 234 valence electrons. The van der Waals surface area contributed by atoms with Gasteiger partial charge in [-0.3, -0.25) is 4.79 Å². The molecule has 3 aromatic rings. The number of unbranched alkanes of at least 4 members (excludes halogenated alkanes) is 12. The number of phenols is 2. The molecule has 3 N–H and O–H groups in total. The maximum Gasteiger partial charge on any atom is 0.340 e. The molecule has 1 spiro atoms. The molecule has 1 atom stereocenters. The summed E-state index contributed by atoms with van der Waals surface area (Å²) in [5.41, 5.74) is 1.29. The number of aromatic hydroxyl groups is 2. The average Bonchev–Trinajstić information content (AvgIpc) is 3.31. The molecule has 0 saturated heterocycles. The van der Waals surface area contributed by atoms with Gasteiger partial charge < -0.3 is 25.0 Å². The maximum atomic E-state index is 13.0. The summed E-state index contributed by atoms with van der Waals surface area (Å²) in [5, 5.41) is 24.0. The predicted octanol–water partition coefficient (Wildman–Crippen LogP) is 8.76. The predicted molar refractivity (Wildman–Crippen MR) is 170 cm³/mol.